The first-order valence-electron chi connectivity index (χ1n) is 9.14. The largest absolute Gasteiger partial charge is 0.411 e. The molecule has 0 radical (unpaired) electrons. The van der Waals surface area contributed by atoms with Gasteiger partial charge >= 0.3 is 0 Å². The Morgan fingerprint density at radius 1 is 0.773 bits per heavy atom. The van der Waals surface area contributed by atoms with E-state index in [1.165, 1.54) is 64.2 Å². The van der Waals surface area contributed by atoms with Crippen molar-refractivity contribution < 1.29 is 5.21 Å². The maximum atomic E-state index is 9.13. The molecule has 0 unspecified atom stereocenters. The highest BCUT2D eigenvalue weighted by Crippen LogP contribution is 2.13. The van der Waals surface area contributed by atoms with Crippen LogP contribution in [-0.4, -0.2) is 10.9 Å². The molecule has 124 valence electrons. The molecule has 0 aliphatic carbocycles. The van der Waals surface area contributed by atoms with Crippen LogP contribution in [0.25, 0.3) is 0 Å². The molecular formula is C20H33NO. The van der Waals surface area contributed by atoms with E-state index in [0.29, 0.717) is 0 Å². The van der Waals surface area contributed by atoms with E-state index in [4.69, 9.17) is 5.21 Å². The normalized spacial score (nSPS) is 11.8. The van der Waals surface area contributed by atoms with Gasteiger partial charge in [-0.15, -0.1) is 0 Å². The lowest BCUT2D eigenvalue weighted by Crippen LogP contribution is -2.00. The van der Waals surface area contributed by atoms with Gasteiger partial charge in [0.2, 0.25) is 0 Å². The molecule has 0 bridgehead atoms. The summed E-state index contributed by atoms with van der Waals surface area (Å²) in [4.78, 5) is 0. The average molecular weight is 303 g/mol. The van der Waals surface area contributed by atoms with Crippen LogP contribution in [0, 0.1) is 0 Å². The van der Waals surface area contributed by atoms with E-state index in [9.17, 15) is 0 Å². The van der Waals surface area contributed by atoms with Crippen LogP contribution in [0.1, 0.15) is 89.5 Å². The fraction of sp³-hybridized carbons (Fsp3) is 0.650. The van der Waals surface area contributed by atoms with Crippen molar-refractivity contribution in [1.29, 1.82) is 0 Å². The quantitative estimate of drug-likeness (QED) is 0.190. The third-order valence-corrected chi connectivity index (χ3v) is 4.24. The van der Waals surface area contributed by atoms with Gasteiger partial charge < -0.3 is 5.21 Å². The van der Waals surface area contributed by atoms with Gasteiger partial charge in [-0.1, -0.05) is 107 Å². The molecule has 2 heteroatoms. The fourth-order valence-corrected chi connectivity index (χ4v) is 2.84. The third-order valence-electron chi connectivity index (χ3n) is 4.24. The Balaban J connectivity index is 1.97. The van der Waals surface area contributed by atoms with E-state index >= 15 is 0 Å². The van der Waals surface area contributed by atoms with Crippen LogP contribution in [0.2, 0.25) is 0 Å². The summed E-state index contributed by atoms with van der Waals surface area (Å²) in [6.07, 6.45) is 15.6. The summed E-state index contributed by atoms with van der Waals surface area (Å²) in [5.41, 5.74) is 1.86. The van der Waals surface area contributed by atoms with E-state index in [1.807, 2.05) is 30.3 Å². The monoisotopic (exact) mass is 303 g/mol. The lowest BCUT2D eigenvalue weighted by Gasteiger charge is -2.05. The van der Waals surface area contributed by atoms with Crippen molar-refractivity contribution in [2.75, 3.05) is 0 Å². The summed E-state index contributed by atoms with van der Waals surface area (Å²) < 4.78 is 0. The molecule has 0 aliphatic rings. The minimum Gasteiger partial charge on any atom is -0.411 e. The van der Waals surface area contributed by atoms with Crippen molar-refractivity contribution in [3.05, 3.63) is 35.9 Å². The van der Waals surface area contributed by atoms with Crippen LogP contribution in [-0.2, 0) is 0 Å². The molecule has 0 aliphatic heterocycles. The third kappa shape index (κ3) is 8.86. The Kier molecular flexibility index (Phi) is 11.4. The van der Waals surface area contributed by atoms with Crippen molar-refractivity contribution >= 4 is 5.71 Å². The van der Waals surface area contributed by atoms with Gasteiger partial charge in [-0.2, -0.15) is 0 Å². The van der Waals surface area contributed by atoms with Gasteiger partial charge in [-0.05, 0) is 18.4 Å². The predicted octanol–water partition coefficient (Wildman–Crippen LogP) is 6.57. The lowest BCUT2D eigenvalue weighted by molar-refractivity contribution is 0.317. The molecule has 0 aromatic heterocycles. The molecule has 0 fully saturated rings. The number of hydrogen-bond donors (Lipinski definition) is 1. The topological polar surface area (TPSA) is 32.6 Å². The fourth-order valence-electron chi connectivity index (χ4n) is 2.84. The zero-order valence-corrected chi connectivity index (χ0v) is 14.3. The molecule has 0 heterocycles. The Morgan fingerprint density at radius 2 is 1.27 bits per heavy atom. The first-order valence-corrected chi connectivity index (χ1v) is 9.14. The van der Waals surface area contributed by atoms with Crippen LogP contribution in [0.15, 0.2) is 35.5 Å². The van der Waals surface area contributed by atoms with Crippen molar-refractivity contribution in [2.45, 2.75) is 84.0 Å². The second-order valence-electron chi connectivity index (χ2n) is 6.20. The summed E-state index contributed by atoms with van der Waals surface area (Å²) in [5, 5.41) is 12.6. The van der Waals surface area contributed by atoms with Gasteiger partial charge in [0, 0.05) is 0 Å². The molecule has 1 aromatic carbocycles. The standard InChI is InChI=1S/C20H33NO/c1-2-3-4-5-6-7-8-9-10-11-15-18-20(21-22)19-16-13-12-14-17-19/h12-14,16-17,22H,2-11,15,18H2,1H3/b21-20+. The van der Waals surface area contributed by atoms with Crippen molar-refractivity contribution in [3.63, 3.8) is 0 Å². The zero-order chi connectivity index (χ0) is 15.9. The predicted molar refractivity (Wildman–Crippen MR) is 95.8 cm³/mol. The van der Waals surface area contributed by atoms with Gasteiger partial charge in [0.15, 0.2) is 0 Å². The van der Waals surface area contributed by atoms with Gasteiger partial charge in [0.05, 0.1) is 5.71 Å². The second kappa shape index (κ2) is 13.4. The SMILES string of the molecule is CCCCCCCCCCCCC/C(=N\O)c1ccccc1. The van der Waals surface area contributed by atoms with E-state index in [1.54, 1.807) is 0 Å². The van der Waals surface area contributed by atoms with Crippen LogP contribution in [0.3, 0.4) is 0 Å². The summed E-state index contributed by atoms with van der Waals surface area (Å²) >= 11 is 0. The van der Waals surface area contributed by atoms with E-state index in [0.717, 1.165) is 24.1 Å². The van der Waals surface area contributed by atoms with Gasteiger partial charge in [0.1, 0.15) is 0 Å². The number of hydrogen-bond acceptors (Lipinski definition) is 2. The van der Waals surface area contributed by atoms with E-state index in [2.05, 4.69) is 12.1 Å². The summed E-state index contributed by atoms with van der Waals surface area (Å²) in [5.74, 6) is 0. The van der Waals surface area contributed by atoms with Crippen molar-refractivity contribution in [3.8, 4) is 0 Å². The number of nitrogens with zero attached hydrogens (tertiary/aromatic N) is 1. The molecule has 1 N–H and O–H groups in total. The minimum atomic E-state index is 0.816. The van der Waals surface area contributed by atoms with Crippen LogP contribution >= 0.6 is 0 Å². The molecule has 0 amide bonds. The second-order valence-corrected chi connectivity index (χ2v) is 6.20. The highest BCUT2D eigenvalue weighted by atomic mass is 16.4. The number of rotatable bonds is 13. The van der Waals surface area contributed by atoms with Crippen LogP contribution < -0.4 is 0 Å². The first-order chi connectivity index (χ1) is 10.9. The molecular weight excluding hydrogens is 270 g/mol. The van der Waals surface area contributed by atoms with E-state index in [-0.39, 0.29) is 0 Å². The maximum absolute atomic E-state index is 9.13. The Hall–Kier alpha value is -1.31. The molecule has 22 heavy (non-hydrogen) atoms. The first kappa shape index (κ1) is 18.7. The summed E-state index contributed by atoms with van der Waals surface area (Å²) in [6.45, 7) is 2.27. The number of benzene rings is 1. The molecule has 0 saturated carbocycles. The molecule has 0 spiro atoms. The summed E-state index contributed by atoms with van der Waals surface area (Å²) in [7, 11) is 0. The Bertz CT molecular complexity index is 386. The minimum absolute atomic E-state index is 0.816. The molecule has 2 nitrogen and oxygen atoms in total. The zero-order valence-electron chi connectivity index (χ0n) is 14.3. The van der Waals surface area contributed by atoms with Crippen LogP contribution in [0.5, 0.6) is 0 Å². The summed E-state index contributed by atoms with van der Waals surface area (Å²) in [6, 6.07) is 9.98. The highest BCUT2D eigenvalue weighted by Gasteiger charge is 2.03. The van der Waals surface area contributed by atoms with E-state index < -0.39 is 0 Å². The average Bonchev–Trinajstić information content (AvgIpc) is 2.57. The molecule has 1 rings (SSSR count). The Morgan fingerprint density at radius 3 is 1.77 bits per heavy atom. The molecule has 1 aromatic rings. The van der Waals surface area contributed by atoms with Crippen molar-refractivity contribution in [2.24, 2.45) is 5.16 Å². The van der Waals surface area contributed by atoms with Crippen LogP contribution in [0.4, 0.5) is 0 Å². The van der Waals surface area contributed by atoms with Gasteiger partial charge in [-0.3, -0.25) is 0 Å². The highest BCUT2D eigenvalue weighted by molar-refractivity contribution is 6.00. The lowest BCUT2D eigenvalue weighted by atomic mass is 10.0. The Labute approximate surface area is 136 Å². The molecule has 0 saturated heterocycles. The number of oxime groups is 1. The number of unbranched alkanes of at least 4 members (excludes halogenated alkanes) is 10. The maximum Gasteiger partial charge on any atom is 0.0867 e. The van der Waals surface area contributed by atoms with Gasteiger partial charge in [0.25, 0.3) is 0 Å². The smallest absolute Gasteiger partial charge is 0.0867 e. The molecule has 0 atom stereocenters. The van der Waals surface area contributed by atoms with Gasteiger partial charge in [-0.25, -0.2) is 0 Å². The van der Waals surface area contributed by atoms with Crippen molar-refractivity contribution in [1.82, 2.24) is 0 Å².